The number of nitrogens with zero attached hydrogens (tertiary/aromatic N) is 1. The van der Waals surface area contributed by atoms with Crippen molar-refractivity contribution in [2.24, 2.45) is 5.92 Å². The number of hydrogen-bond acceptors (Lipinski definition) is 2. The van der Waals surface area contributed by atoms with Crippen LogP contribution in [0.1, 0.15) is 36.5 Å². The van der Waals surface area contributed by atoms with Crippen LogP contribution in [0.2, 0.25) is 0 Å². The van der Waals surface area contributed by atoms with E-state index in [9.17, 15) is 4.79 Å². The van der Waals surface area contributed by atoms with E-state index >= 15 is 0 Å². The molecule has 0 aromatic heterocycles. The number of nitrogens with one attached hydrogen (secondary N) is 1. The lowest BCUT2D eigenvalue weighted by Gasteiger charge is -2.29. The highest BCUT2D eigenvalue weighted by atomic mass is 16.2. The number of hydrogen-bond donors (Lipinski definition) is 1. The summed E-state index contributed by atoms with van der Waals surface area (Å²) >= 11 is 0. The lowest BCUT2D eigenvalue weighted by Crippen LogP contribution is -2.40. The fourth-order valence-electron chi connectivity index (χ4n) is 3.28. The summed E-state index contributed by atoms with van der Waals surface area (Å²) in [6.07, 6.45) is 2.57. The van der Waals surface area contributed by atoms with Crippen LogP contribution in [0.3, 0.4) is 0 Å². The molecule has 0 heterocycles. The minimum absolute atomic E-state index is 0.0668. The maximum absolute atomic E-state index is 12.7. The van der Waals surface area contributed by atoms with Crippen molar-refractivity contribution in [3.63, 3.8) is 0 Å². The second-order valence-electron chi connectivity index (χ2n) is 7.34. The van der Waals surface area contributed by atoms with Gasteiger partial charge < -0.3 is 5.32 Å². The maximum atomic E-state index is 12.7. The highest BCUT2D eigenvalue weighted by Crippen LogP contribution is 2.35. The first kappa shape index (κ1) is 17.7. The smallest absolute Gasteiger partial charge is 0.238 e. The molecule has 2 aromatic carbocycles. The van der Waals surface area contributed by atoms with Gasteiger partial charge in [0.1, 0.15) is 0 Å². The minimum Gasteiger partial charge on any atom is -0.325 e. The second-order valence-corrected chi connectivity index (χ2v) is 7.34. The van der Waals surface area contributed by atoms with Crippen LogP contribution in [0.25, 0.3) is 0 Å². The summed E-state index contributed by atoms with van der Waals surface area (Å²) in [5.74, 6) is 0.800. The molecular formula is C22H28N2O. The Balaban J connectivity index is 1.68. The molecule has 3 heteroatoms. The first-order valence-corrected chi connectivity index (χ1v) is 9.18. The lowest BCUT2D eigenvalue weighted by molar-refractivity contribution is -0.118. The van der Waals surface area contributed by atoms with E-state index in [0.717, 1.165) is 29.3 Å². The van der Waals surface area contributed by atoms with E-state index < -0.39 is 0 Å². The third kappa shape index (κ3) is 4.93. The summed E-state index contributed by atoms with van der Waals surface area (Å²) < 4.78 is 0. The monoisotopic (exact) mass is 336 g/mol. The van der Waals surface area contributed by atoms with Gasteiger partial charge in [0.2, 0.25) is 5.91 Å². The van der Waals surface area contributed by atoms with E-state index in [4.69, 9.17) is 0 Å². The third-order valence-electron chi connectivity index (χ3n) is 5.12. The standard InChI is InChI=1S/C22H28N2O/c1-16-9-10-17(2)21(13-16)23-22(25)15-24(18(3)20-11-12-20)14-19-7-5-4-6-8-19/h4-10,13,18,20H,11-12,14-15H2,1-3H3,(H,23,25). The summed E-state index contributed by atoms with van der Waals surface area (Å²) in [6.45, 7) is 7.58. The first-order chi connectivity index (χ1) is 12.0. The predicted octanol–water partition coefficient (Wildman–Crippen LogP) is 4.54. The normalized spacial score (nSPS) is 15.2. The molecule has 0 saturated heterocycles. The Bertz CT molecular complexity index is 722. The summed E-state index contributed by atoms with van der Waals surface area (Å²) in [6, 6.07) is 17.0. The van der Waals surface area contributed by atoms with E-state index in [1.807, 2.05) is 26.0 Å². The van der Waals surface area contributed by atoms with Gasteiger partial charge in [-0.05, 0) is 62.3 Å². The minimum atomic E-state index is 0.0668. The number of rotatable bonds is 7. The van der Waals surface area contributed by atoms with Gasteiger partial charge in [-0.1, -0.05) is 42.5 Å². The van der Waals surface area contributed by atoms with Gasteiger partial charge in [0.25, 0.3) is 0 Å². The van der Waals surface area contributed by atoms with Gasteiger partial charge in [0, 0.05) is 18.3 Å². The molecule has 1 N–H and O–H groups in total. The molecule has 1 aliphatic rings. The molecule has 2 aromatic rings. The number of amides is 1. The zero-order chi connectivity index (χ0) is 17.8. The fourth-order valence-corrected chi connectivity index (χ4v) is 3.28. The Hall–Kier alpha value is -2.13. The Morgan fingerprint density at radius 3 is 2.56 bits per heavy atom. The zero-order valence-electron chi connectivity index (χ0n) is 15.5. The summed E-state index contributed by atoms with van der Waals surface area (Å²) in [5, 5.41) is 3.10. The number of carbonyl (C=O) groups excluding carboxylic acids is 1. The average Bonchev–Trinajstić information content (AvgIpc) is 3.43. The number of carbonyl (C=O) groups is 1. The van der Waals surface area contributed by atoms with E-state index in [2.05, 4.69) is 53.5 Å². The summed E-state index contributed by atoms with van der Waals surface area (Å²) in [5.41, 5.74) is 4.44. The summed E-state index contributed by atoms with van der Waals surface area (Å²) in [4.78, 5) is 15.0. The van der Waals surface area contributed by atoms with Gasteiger partial charge in [-0.25, -0.2) is 0 Å². The highest BCUT2D eigenvalue weighted by Gasteiger charge is 2.32. The average molecular weight is 336 g/mol. The Morgan fingerprint density at radius 1 is 1.16 bits per heavy atom. The SMILES string of the molecule is Cc1ccc(C)c(NC(=O)CN(Cc2ccccc2)C(C)C2CC2)c1. The van der Waals surface area contributed by atoms with Gasteiger partial charge >= 0.3 is 0 Å². The number of anilines is 1. The van der Waals surface area contributed by atoms with Crippen LogP contribution in [0, 0.1) is 19.8 Å². The van der Waals surface area contributed by atoms with Crippen molar-refractivity contribution in [1.29, 1.82) is 0 Å². The van der Waals surface area contributed by atoms with Crippen molar-refractivity contribution in [3.05, 3.63) is 65.2 Å². The van der Waals surface area contributed by atoms with Crippen molar-refractivity contribution in [3.8, 4) is 0 Å². The van der Waals surface area contributed by atoms with Crippen molar-refractivity contribution >= 4 is 11.6 Å². The Kier molecular flexibility index (Phi) is 5.54. The van der Waals surface area contributed by atoms with Gasteiger partial charge in [-0.15, -0.1) is 0 Å². The Labute approximate surface area is 151 Å². The summed E-state index contributed by atoms with van der Waals surface area (Å²) in [7, 11) is 0. The predicted molar refractivity (Wildman–Crippen MR) is 104 cm³/mol. The molecule has 0 radical (unpaired) electrons. The van der Waals surface area contributed by atoms with Crippen molar-refractivity contribution < 1.29 is 4.79 Å². The van der Waals surface area contributed by atoms with Gasteiger partial charge in [-0.3, -0.25) is 9.69 Å². The topological polar surface area (TPSA) is 32.3 Å². The van der Waals surface area contributed by atoms with Crippen LogP contribution < -0.4 is 5.32 Å². The van der Waals surface area contributed by atoms with Crippen LogP contribution >= 0.6 is 0 Å². The van der Waals surface area contributed by atoms with E-state index in [-0.39, 0.29) is 5.91 Å². The lowest BCUT2D eigenvalue weighted by atomic mass is 10.1. The van der Waals surface area contributed by atoms with Crippen molar-refractivity contribution in [2.75, 3.05) is 11.9 Å². The van der Waals surface area contributed by atoms with Crippen LogP contribution in [-0.4, -0.2) is 23.4 Å². The number of aryl methyl sites for hydroxylation is 2. The fraction of sp³-hybridized carbons (Fsp3) is 0.409. The quantitative estimate of drug-likeness (QED) is 0.805. The van der Waals surface area contributed by atoms with Crippen LogP contribution in [0.4, 0.5) is 5.69 Å². The van der Waals surface area contributed by atoms with Gasteiger partial charge in [0.15, 0.2) is 0 Å². The van der Waals surface area contributed by atoms with Crippen LogP contribution in [0.15, 0.2) is 48.5 Å². The molecule has 1 amide bonds. The molecular weight excluding hydrogens is 308 g/mol. The van der Waals surface area contributed by atoms with E-state index in [1.165, 1.54) is 18.4 Å². The van der Waals surface area contributed by atoms with E-state index in [0.29, 0.717) is 12.6 Å². The molecule has 25 heavy (non-hydrogen) atoms. The van der Waals surface area contributed by atoms with Crippen molar-refractivity contribution in [1.82, 2.24) is 4.90 Å². The van der Waals surface area contributed by atoms with E-state index in [1.54, 1.807) is 0 Å². The molecule has 1 saturated carbocycles. The molecule has 1 unspecified atom stereocenters. The third-order valence-corrected chi connectivity index (χ3v) is 5.12. The molecule has 0 aliphatic heterocycles. The van der Waals surface area contributed by atoms with Gasteiger partial charge in [-0.2, -0.15) is 0 Å². The molecule has 1 aliphatic carbocycles. The molecule has 1 fully saturated rings. The second kappa shape index (κ2) is 7.83. The molecule has 1 atom stereocenters. The molecule has 0 bridgehead atoms. The molecule has 3 rings (SSSR count). The van der Waals surface area contributed by atoms with Crippen LogP contribution in [-0.2, 0) is 11.3 Å². The van der Waals surface area contributed by atoms with Gasteiger partial charge in [0.05, 0.1) is 6.54 Å². The highest BCUT2D eigenvalue weighted by molar-refractivity contribution is 5.93. The molecule has 3 nitrogen and oxygen atoms in total. The zero-order valence-corrected chi connectivity index (χ0v) is 15.5. The van der Waals surface area contributed by atoms with Crippen molar-refractivity contribution in [2.45, 2.75) is 46.2 Å². The van der Waals surface area contributed by atoms with Crippen LogP contribution in [0.5, 0.6) is 0 Å². The number of benzene rings is 2. The Morgan fingerprint density at radius 2 is 1.88 bits per heavy atom. The largest absolute Gasteiger partial charge is 0.325 e. The first-order valence-electron chi connectivity index (χ1n) is 9.18. The maximum Gasteiger partial charge on any atom is 0.238 e. The molecule has 0 spiro atoms. The molecule has 132 valence electrons.